The van der Waals surface area contributed by atoms with E-state index in [2.05, 4.69) is 31.3 Å². The average Bonchev–Trinajstić information content (AvgIpc) is 2.89. The topological polar surface area (TPSA) is 29.1 Å². The molecule has 1 atom stereocenters. The highest BCUT2D eigenvalue weighted by molar-refractivity contribution is 7.99. The zero-order valence-electron chi connectivity index (χ0n) is 11.4. The molecule has 1 aliphatic rings. The summed E-state index contributed by atoms with van der Waals surface area (Å²) in [5, 5.41) is 3.18. The monoisotopic (exact) mass is 297 g/mol. The molecule has 0 saturated carbocycles. The summed E-state index contributed by atoms with van der Waals surface area (Å²) in [5.41, 5.74) is 0.890. The Morgan fingerprint density at radius 3 is 2.74 bits per heavy atom. The van der Waals surface area contributed by atoms with Gasteiger partial charge in [0, 0.05) is 16.5 Å². The smallest absolute Gasteiger partial charge is 0.228 e. The highest BCUT2D eigenvalue weighted by atomic mass is 35.5. The Hall–Kier alpha value is -0.670. The van der Waals surface area contributed by atoms with Crippen molar-refractivity contribution >= 4 is 29.3 Å². The van der Waals surface area contributed by atoms with Crippen LogP contribution in [0.1, 0.15) is 38.2 Å². The molecule has 0 fully saturated rings. The van der Waals surface area contributed by atoms with E-state index in [1.54, 1.807) is 11.8 Å². The number of nitrogens with one attached hydrogen (secondary N) is 1. The van der Waals surface area contributed by atoms with Gasteiger partial charge in [-0.3, -0.25) is 4.79 Å². The van der Waals surface area contributed by atoms with Crippen LogP contribution >= 0.6 is 23.4 Å². The summed E-state index contributed by atoms with van der Waals surface area (Å²) in [4.78, 5) is 13.7. The van der Waals surface area contributed by atoms with Crippen LogP contribution in [0.15, 0.2) is 29.2 Å². The lowest BCUT2D eigenvalue weighted by Gasteiger charge is -2.32. The van der Waals surface area contributed by atoms with Gasteiger partial charge in [0.15, 0.2) is 0 Å². The first-order valence-electron chi connectivity index (χ1n) is 6.75. The number of hydrogen-bond donors (Lipinski definition) is 1. The SMILES string of the molecule is CCC(CC)(CCl)NC(=O)C1CSc2ccccc21. The summed E-state index contributed by atoms with van der Waals surface area (Å²) in [5.74, 6) is 1.37. The molecule has 19 heavy (non-hydrogen) atoms. The number of halogens is 1. The fraction of sp³-hybridized carbons (Fsp3) is 0.533. The molecular weight excluding hydrogens is 278 g/mol. The number of rotatable bonds is 5. The highest BCUT2D eigenvalue weighted by Gasteiger charge is 2.34. The molecule has 4 heteroatoms. The molecule has 0 spiro atoms. The van der Waals surface area contributed by atoms with Crippen molar-refractivity contribution in [1.29, 1.82) is 0 Å². The van der Waals surface area contributed by atoms with Gasteiger partial charge >= 0.3 is 0 Å². The van der Waals surface area contributed by atoms with Gasteiger partial charge in [-0.15, -0.1) is 23.4 Å². The molecule has 1 heterocycles. The number of amides is 1. The minimum Gasteiger partial charge on any atom is -0.349 e. The summed E-state index contributed by atoms with van der Waals surface area (Å²) < 4.78 is 0. The average molecular weight is 298 g/mol. The van der Waals surface area contributed by atoms with Crippen LogP contribution in [0.4, 0.5) is 0 Å². The lowest BCUT2D eigenvalue weighted by Crippen LogP contribution is -2.50. The first-order valence-corrected chi connectivity index (χ1v) is 8.27. The number of thioether (sulfide) groups is 1. The van der Waals surface area contributed by atoms with Crippen LogP contribution in [0.2, 0.25) is 0 Å². The standard InChI is InChI=1S/C15H20ClNOS/c1-3-15(4-2,10-16)17-14(18)12-9-19-13-8-6-5-7-11(12)13/h5-8,12H,3-4,9-10H2,1-2H3,(H,17,18). The van der Waals surface area contributed by atoms with E-state index < -0.39 is 0 Å². The van der Waals surface area contributed by atoms with Crippen LogP contribution in [0.3, 0.4) is 0 Å². The molecule has 0 bridgehead atoms. The van der Waals surface area contributed by atoms with Crippen molar-refractivity contribution in [3.05, 3.63) is 29.8 Å². The number of fused-ring (bicyclic) bond motifs is 1. The number of alkyl halides is 1. The quantitative estimate of drug-likeness (QED) is 0.838. The second kappa shape index (κ2) is 6.19. The fourth-order valence-electron chi connectivity index (χ4n) is 2.38. The second-order valence-electron chi connectivity index (χ2n) is 5.01. The summed E-state index contributed by atoms with van der Waals surface area (Å²) in [7, 11) is 0. The van der Waals surface area contributed by atoms with Crippen molar-refractivity contribution in [2.75, 3.05) is 11.6 Å². The maximum Gasteiger partial charge on any atom is 0.228 e. The number of carbonyl (C=O) groups is 1. The van der Waals surface area contributed by atoms with E-state index in [0.717, 1.165) is 24.2 Å². The van der Waals surface area contributed by atoms with Gasteiger partial charge in [0.1, 0.15) is 0 Å². The maximum atomic E-state index is 12.5. The van der Waals surface area contributed by atoms with Crippen LogP contribution in [-0.2, 0) is 4.79 Å². The van der Waals surface area contributed by atoms with E-state index in [1.165, 1.54) is 4.90 Å². The Kier molecular flexibility index (Phi) is 4.80. The van der Waals surface area contributed by atoms with Crippen LogP contribution in [-0.4, -0.2) is 23.1 Å². The fourth-order valence-corrected chi connectivity index (χ4v) is 4.05. The first-order chi connectivity index (χ1) is 9.15. The number of carbonyl (C=O) groups excluding carboxylic acids is 1. The molecule has 2 rings (SSSR count). The third-order valence-corrected chi connectivity index (χ3v) is 5.71. The molecule has 2 nitrogen and oxygen atoms in total. The van der Waals surface area contributed by atoms with E-state index in [4.69, 9.17) is 11.6 Å². The van der Waals surface area contributed by atoms with Crippen molar-refractivity contribution in [2.24, 2.45) is 0 Å². The molecule has 1 aromatic rings. The zero-order valence-corrected chi connectivity index (χ0v) is 13.0. The predicted octanol–water partition coefficient (Wildman–Crippen LogP) is 3.79. The Bertz CT molecular complexity index is 451. The van der Waals surface area contributed by atoms with Crippen LogP contribution in [0, 0.1) is 0 Å². The van der Waals surface area contributed by atoms with Crippen molar-refractivity contribution in [3.8, 4) is 0 Å². The molecule has 104 valence electrons. The molecule has 0 saturated heterocycles. The van der Waals surface area contributed by atoms with Gasteiger partial charge in [-0.1, -0.05) is 32.0 Å². The summed E-state index contributed by atoms with van der Waals surface area (Å²) >= 11 is 7.81. The minimum atomic E-state index is -0.263. The summed E-state index contributed by atoms with van der Waals surface area (Å²) in [6, 6.07) is 8.16. The third kappa shape index (κ3) is 2.92. The lowest BCUT2D eigenvalue weighted by molar-refractivity contribution is -0.123. The molecule has 0 radical (unpaired) electrons. The highest BCUT2D eigenvalue weighted by Crippen LogP contribution is 2.39. The van der Waals surface area contributed by atoms with Crippen LogP contribution < -0.4 is 5.32 Å². The number of benzene rings is 1. The van der Waals surface area contributed by atoms with Crippen molar-refractivity contribution in [2.45, 2.75) is 43.0 Å². The molecule has 1 aromatic carbocycles. The minimum absolute atomic E-state index is 0.0399. The molecule has 1 N–H and O–H groups in total. The molecule has 0 aliphatic carbocycles. The molecule has 1 aliphatic heterocycles. The van der Waals surface area contributed by atoms with Gasteiger partial charge in [0.2, 0.25) is 5.91 Å². The zero-order chi connectivity index (χ0) is 13.9. The van der Waals surface area contributed by atoms with Gasteiger partial charge in [0.05, 0.1) is 11.5 Å². The molecule has 1 amide bonds. The van der Waals surface area contributed by atoms with Crippen LogP contribution in [0.5, 0.6) is 0 Å². The van der Waals surface area contributed by atoms with E-state index in [-0.39, 0.29) is 17.4 Å². The molecule has 1 unspecified atom stereocenters. The molecule has 0 aromatic heterocycles. The number of hydrogen-bond acceptors (Lipinski definition) is 2. The van der Waals surface area contributed by atoms with Crippen molar-refractivity contribution in [1.82, 2.24) is 5.32 Å². The first kappa shape index (κ1) is 14.7. The molecular formula is C15H20ClNOS. The lowest BCUT2D eigenvalue weighted by atomic mass is 9.92. The Labute approximate surface area is 124 Å². The second-order valence-corrected chi connectivity index (χ2v) is 6.34. The van der Waals surface area contributed by atoms with Gasteiger partial charge < -0.3 is 5.32 Å². The van der Waals surface area contributed by atoms with Gasteiger partial charge in [-0.05, 0) is 24.5 Å². The van der Waals surface area contributed by atoms with Gasteiger partial charge in [-0.25, -0.2) is 0 Å². The van der Waals surface area contributed by atoms with Crippen molar-refractivity contribution < 1.29 is 4.79 Å². The van der Waals surface area contributed by atoms with Gasteiger partial charge in [0.25, 0.3) is 0 Å². The third-order valence-electron chi connectivity index (χ3n) is 4.01. The maximum absolute atomic E-state index is 12.5. The summed E-state index contributed by atoms with van der Waals surface area (Å²) in [6.07, 6.45) is 1.72. The largest absolute Gasteiger partial charge is 0.349 e. The normalized spacial score (nSPS) is 18.2. The Morgan fingerprint density at radius 2 is 2.11 bits per heavy atom. The van der Waals surface area contributed by atoms with E-state index in [1.807, 2.05) is 12.1 Å². The van der Waals surface area contributed by atoms with Crippen molar-refractivity contribution in [3.63, 3.8) is 0 Å². The van der Waals surface area contributed by atoms with Gasteiger partial charge in [-0.2, -0.15) is 0 Å². The predicted molar refractivity (Wildman–Crippen MR) is 82.1 cm³/mol. The van der Waals surface area contributed by atoms with E-state index in [0.29, 0.717) is 5.88 Å². The summed E-state index contributed by atoms with van der Waals surface area (Å²) in [6.45, 7) is 4.15. The van der Waals surface area contributed by atoms with E-state index in [9.17, 15) is 4.79 Å². The Balaban J connectivity index is 2.14. The van der Waals surface area contributed by atoms with E-state index >= 15 is 0 Å². The Morgan fingerprint density at radius 1 is 1.42 bits per heavy atom. The van der Waals surface area contributed by atoms with Crippen LogP contribution in [0.25, 0.3) is 0 Å².